The number of hydrogen-bond donors (Lipinski definition) is 2. The highest BCUT2D eigenvalue weighted by Gasteiger charge is 2.41. The number of aromatic nitrogens is 1. The van der Waals surface area contributed by atoms with Crippen molar-refractivity contribution in [1.82, 2.24) is 10.3 Å². The highest BCUT2D eigenvalue weighted by molar-refractivity contribution is 7.09. The van der Waals surface area contributed by atoms with Crippen molar-refractivity contribution in [1.29, 1.82) is 0 Å². The zero-order valence-electron chi connectivity index (χ0n) is 11.7. The Morgan fingerprint density at radius 3 is 2.89 bits per heavy atom. The zero-order chi connectivity index (χ0) is 13.9. The summed E-state index contributed by atoms with van der Waals surface area (Å²) in [6.07, 6.45) is 4.65. The maximum absolute atomic E-state index is 12.0. The van der Waals surface area contributed by atoms with Gasteiger partial charge in [-0.25, -0.2) is 4.98 Å². The van der Waals surface area contributed by atoms with E-state index in [0.717, 1.165) is 23.5 Å². The van der Waals surface area contributed by atoms with E-state index in [-0.39, 0.29) is 11.4 Å². The molecule has 1 aromatic rings. The van der Waals surface area contributed by atoms with Crippen LogP contribution >= 0.6 is 11.3 Å². The van der Waals surface area contributed by atoms with E-state index in [4.69, 9.17) is 5.73 Å². The van der Waals surface area contributed by atoms with Gasteiger partial charge < -0.3 is 11.1 Å². The Kier molecular flexibility index (Phi) is 4.58. The average molecular weight is 281 g/mol. The van der Waals surface area contributed by atoms with Crippen molar-refractivity contribution in [3.8, 4) is 0 Å². The summed E-state index contributed by atoms with van der Waals surface area (Å²) in [6, 6.07) is 0. The molecule has 4 nitrogen and oxygen atoms in total. The molecule has 1 aliphatic rings. The molecular formula is C14H23N3OS. The van der Waals surface area contributed by atoms with Gasteiger partial charge in [0.2, 0.25) is 5.91 Å². The number of nitrogens with one attached hydrogen (secondary N) is 1. The topological polar surface area (TPSA) is 68.0 Å². The van der Waals surface area contributed by atoms with E-state index in [2.05, 4.69) is 22.6 Å². The molecule has 1 unspecified atom stereocenters. The molecule has 19 heavy (non-hydrogen) atoms. The monoisotopic (exact) mass is 281 g/mol. The van der Waals surface area contributed by atoms with Crippen LogP contribution in [0.1, 0.15) is 43.3 Å². The van der Waals surface area contributed by atoms with Crippen LogP contribution in [0.3, 0.4) is 0 Å². The van der Waals surface area contributed by atoms with Gasteiger partial charge in [-0.3, -0.25) is 4.79 Å². The highest BCUT2D eigenvalue weighted by atomic mass is 32.1. The van der Waals surface area contributed by atoms with Crippen molar-refractivity contribution in [3.63, 3.8) is 0 Å². The molecule has 0 radical (unpaired) electrons. The molecule has 1 amide bonds. The second kappa shape index (κ2) is 6.01. The van der Waals surface area contributed by atoms with Gasteiger partial charge in [-0.1, -0.05) is 0 Å². The van der Waals surface area contributed by atoms with Crippen molar-refractivity contribution in [2.75, 3.05) is 6.54 Å². The molecule has 1 heterocycles. The Hall–Kier alpha value is -0.940. The van der Waals surface area contributed by atoms with E-state index in [9.17, 15) is 4.79 Å². The fourth-order valence-corrected chi connectivity index (χ4v) is 3.02. The van der Waals surface area contributed by atoms with Gasteiger partial charge in [-0.15, -0.1) is 11.3 Å². The Balaban J connectivity index is 1.72. The summed E-state index contributed by atoms with van der Waals surface area (Å²) in [7, 11) is 0. The van der Waals surface area contributed by atoms with Crippen LogP contribution in [-0.4, -0.2) is 23.0 Å². The minimum atomic E-state index is -0.200. The molecule has 1 saturated carbocycles. The fourth-order valence-electron chi connectivity index (χ4n) is 2.37. The predicted molar refractivity (Wildman–Crippen MR) is 78.1 cm³/mol. The van der Waals surface area contributed by atoms with Gasteiger partial charge in [0, 0.05) is 18.3 Å². The van der Waals surface area contributed by atoms with E-state index in [1.807, 2.05) is 6.92 Å². The molecule has 0 bridgehead atoms. The van der Waals surface area contributed by atoms with Gasteiger partial charge in [-0.05, 0) is 45.4 Å². The minimum absolute atomic E-state index is 0.117. The lowest BCUT2D eigenvalue weighted by Crippen LogP contribution is -2.53. The molecule has 1 fully saturated rings. The standard InChI is InChI=1S/C14H23N3OS/c1-10-16-12(8-19-10)4-3-5-13(18)17-14(2,9-15)11-6-7-11/h8,11H,3-7,9,15H2,1-2H3,(H,17,18). The third kappa shape index (κ3) is 4.01. The number of carbonyl (C=O) groups excluding carboxylic acids is 1. The number of hydrogen-bond acceptors (Lipinski definition) is 4. The molecule has 0 aliphatic heterocycles. The number of thiazole rings is 1. The molecule has 0 aromatic carbocycles. The van der Waals surface area contributed by atoms with Crippen LogP contribution in [0, 0.1) is 12.8 Å². The molecule has 2 rings (SSSR count). The number of aryl methyl sites for hydroxylation is 2. The quantitative estimate of drug-likeness (QED) is 0.803. The summed E-state index contributed by atoms with van der Waals surface area (Å²) in [5.74, 6) is 0.689. The first-order chi connectivity index (χ1) is 9.03. The van der Waals surface area contributed by atoms with Crippen molar-refractivity contribution >= 4 is 17.2 Å². The molecule has 1 atom stereocenters. The average Bonchev–Trinajstić information content (AvgIpc) is 3.14. The van der Waals surface area contributed by atoms with Crippen LogP contribution in [0.5, 0.6) is 0 Å². The number of nitrogens with two attached hydrogens (primary N) is 1. The Bertz CT molecular complexity index is 442. The summed E-state index contributed by atoms with van der Waals surface area (Å²) in [5.41, 5.74) is 6.69. The number of nitrogens with zero attached hydrogens (tertiary/aromatic N) is 1. The first-order valence-electron chi connectivity index (χ1n) is 6.95. The van der Waals surface area contributed by atoms with Gasteiger partial charge in [0.1, 0.15) is 0 Å². The van der Waals surface area contributed by atoms with Crippen LogP contribution in [0.2, 0.25) is 0 Å². The lowest BCUT2D eigenvalue weighted by molar-refractivity contribution is -0.123. The molecule has 0 saturated heterocycles. The molecule has 5 heteroatoms. The molecule has 0 spiro atoms. The van der Waals surface area contributed by atoms with E-state index in [0.29, 0.717) is 18.9 Å². The summed E-state index contributed by atoms with van der Waals surface area (Å²) in [5, 5.41) is 6.27. The smallest absolute Gasteiger partial charge is 0.220 e. The van der Waals surface area contributed by atoms with Gasteiger partial charge in [0.25, 0.3) is 0 Å². The third-order valence-corrected chi connectivity index (χ3v) is 4.65. The maximum Gasteiger partial charge on any atom is 0.220 e. The number of amides is 1. The van der Waals surface area contributed by atoms with Gasteiger partial charge in [0.15, 0.2) is 0 Å². The van der Waals surface area contributed by atoms with Crippen molar-refractivity contribution in [2.45, 2.75) is 51.5 Å². The molecule has 3 N–H and O–H groups in total. The summed E-state index contributed by atoms with van der Waals surface area (Å²) >= 11 is 1.66. The molecule has 106 valence electrons. The minimum Gasteiger partial charge on any atom is -0.349 e. The van der Waals surface area contributed by atoms with Crippen LogP contribution in [0.15, 0.2) is 5.38 Å². The SMILES string of the molecule is Cc1nc(CCCC(=O)NC(C)(CN)C2CC2)cs1. The Morgan fingerprint density at radius 1 is 1.63 bits per heavy atom. The van der Waals surface area contributed by atoms with E-state index in [1.165, 1.54) is 12.8 Å². The summed E-state index contributed by atoms with van der Waals surface area (Å²) in [6.45, 7) is 4.59. The normalized spacial score (nSPS) is 18.1. The van der Waals surface area contributed by atoms with Gasteiger partial charge in [0.05, 0.1) is 16.2 Å². The number of carbonyl (C=O) groups is 1. The molecular weight excluding hydrogens is 258 g/mol. The second-order valence-corrected chi connectivity index (χ2v) is 6.72. The third-order valence-electron chi connectivity index (χ3n) is 3.83. The summed E-state index contributed by atoms with van der Waals surface area (Å²) < 4.78 is 0. The lowest BCUT2D eigenvalue weighted by atomic mass is 9.95. The van der Waals surface area contributed by atoms with Crippen molar-refractivity contribution in [2.24, 2.45) is 11.7 Å². The van der Waals surface area contributed by atoms with Crippen molar-refractivity contribution < 1.29 is 4.79 Å². The van der Waals surface area contributed by atoms with Gasteiger partial charge in [-0.2, -0.15) is 0 Å². The van der Waals surface area contributed by atoms with E-state index >= 15 is 0 Å². The summed E-state index contributed by atoms with van der Waals surface area (Å²) in [4.78, 5) is 16.4. The number of rotatable bonds is 7. The predicted octanol–water partition coefficient (Wildman–Crippen LogP) is 2.02. The lowest BCUT2D eigenvalue weighted by Gasteiger charge is -2.29. The van der Waals surface area contributed by atoms with Crippen LogP contribution in [0.4, 0.5) is 0 Å². The van der Waals surface area contributed by atoms with Crippen LogP contribution in [0.25, 0.3) is 0 Å². The second-order valence-electron chi connectivity index (χ2n) is 5.66. The Morgan fingerprint density at radius 2 is 2.37 bits per heavy atom. The first-order valence-corrected chi connectivity index (χ1v) is 7.83. The zero-order valence-corrected chi connectivity index (χ0v) is 12.6. The van der Waals surface area contributed by atoms with E-state index < -0.39 is 0 Å². The largest absolute Gasteiger partial charge is 0.349 e. The Labute approximate surface area is 118 Å². The first kappa shape index (κ1) is 14.5. The van der Waals surface area contributed by atoms with Crippen LogP contribution < -0.4 is 11.1 Å². The van der Waals surface area contributed by atoms with E-state index in [1.54, 1.807) is 11.3 Å². The fraction of sp³-hybridized carbons (Fsp3) is 0.714. The van der Waals surface area contributed by atoms with Gasteiger partial charge >= 0.3 is 0 Å². The van der Waals surface area contributed by atoms with Crippen LogP contribution in [-0.2, 0) is 11.2 Å². The van der Waals surface area contributed by atoms with Crippen molar-refractivity contribution in [3.05, 3.63) is 16.1 Å². The molecule has 1 aromatic heterocycles. The maximum atomic E-state index is 12.0. The molecule has 1 aliphatic carbocycles. The highest BCUT2D eigenvalue weighted by Crippen LogP contribution is 2.38.